The van der Waals surface area contributed by atoms with Crippen molar-refractivity contribution in [2.75, 3.05) is 0 Å². The normalized spacial score (nSPS) is 12.8. The highest BCUT2D eigenvalue weighted by atomic mass is 31.2. The Labute approximate surface area is 137 Å². The van der Waals surface area contributed by atoms with E-state index >= 15 is 0 Å². The molecular weight excluding hydrogens is 377 g/mol. The Hall–Kier alpha value is -2.19. The average Bonchev–Trinajstić information content (AvgIpc) is 2.45. The maximum Gasteiger partial charge on any atom is 0.584 e. The average molecular weight is 386 g/mol. The predicted octanol–water partition coefficient (Wildman–Crippen LogP) is 5.28. The quantitative estimate of drug-likeness (QED) is 0.574. The van der Waals surface area contributed by atoms with Crippen molar-refractivity contribution in [3.05, 3.63) is 59.7 Å². The van der Waals surface area contributed by atoms with Gasteiger partial charge in [0.1, 0.15) is 11.5 Å². The van der Waals surface area contributed by atoms with E-state index in [-0.39, 0.29) is 11.5 Å². The Morgan fingerprint density at radius 3 is 1.20 bits per heavy atom. The zero-order chi connectivity index (χ0) is 18.9. The summed E-state index contributed by atoms with van der Waals surface area (Å²) in [7, 11) is -4.81. The smallest absolute Gasteiger partial charge is 0.395 e. The van der Waals surface area contributed by atoms with Crippen LogP contribution in [0.25, 0.3) is 0 Å². The van der Waals surface area contributed by atoms with Crippen LogP contribution in [0.3, 0.4) is 0 Å². The van der Waals surface area contributed by atoms with Gasteiger partial charge in [-0.2, -0.15) is 26.3 Å². The van der Waals surface area contributed by atoms with E-state index in [1.54, 1.807) is 0 Å². The first-order valence-electron chi connectivity index (χ1n) is 6.43. The fourth-order valence-corrected chi connectivity index (χ4v) is 2.51. The molecule has 4 nitrogen and oxygen atoms in total. The summed E-state index contributed by atoms with van der Waals surface area (Å²) in [5, 5.41) is 0. The van der Waals surface area contributed by atoms with Crippen LogP contribution < -0.4 is 9.05 Å². The second kappa shape index (κ2) is 6.61. The molecule has 0 radical (unpaired) electrons. The van der Waals surface area contributed by atoms with Gasteiger partial charge in [-0.3, -0.25) is 4.89 Å². The highest BCUT2D eigenvalue weighted by molar-refractivity contribution is 7.48. The molecule has 11 heteroatoms. The van der Waals surface area contributed by atoms with Crippen molar-refractivity contribution in [2.24, 2.45) is 0 Å². The molecule has 2 rings (SSSR count). The second-order valence-electron chi connectivity index (χ2n) is 4.70. The van der Waals surface area contributed by atoms with Crippen LogP contribution in [-0.2, 0) is 16.9 Å². The van der Waals surface area contributed by atoms with Gasteiger partial charge in [-0.15, -0.1) is 0 Å². The third-order valence-corrected chi connectivity index (χ3v) is 3.69. The zero-order valence-corrected chi connectivity index (χ0v) is 12.9. The number of phosphoric acid groups is 1. The molecule has 0 bridgehead atoms. The molecule has 0 aromatic heterocycles. The molecule has 0 unspecified atom stereocenters. The Bertz CT molecular complexity index is 704. The highest BCUT2D eigenvalue weighted by Gasteiger charge is 2.32. The van der Waals surface area contributed by atoms with Gasteiger partial charge in [-0.25, -0.2) is 4.57 Å². The molecule has 0 amide bonds. The van der Waals surface area contributed by atoms with Gasteiger partial charge < -0.3 is 9.05 Å². The lowest BCUT2D eigenvalue weighted by Gasteiger charge is -2.15. The van der Waals surface area contributed by atoms with Gasteiger partial charge in [-0.1, -0.05) is 0 Å². The monoisotopic (exact) mass is 386 g/mol. The standard InChI is InChI=1S/C14H9F6O4P/c15-13(16,17)9-1-5-11(6-2-9)23-25(21,22)24-12-7-3-10(4-8-12)14(18,19)20/h1-8H,(H,21,22). The maximum atomic E-state index is 12.4. The van der Waals surface area contributed by atoms with Crippen LogP contribution in [0.4, 0.5) is 26.3 Å². The van der Waals surface area contributed by atoms with Gasteiger partial charge in [0.15, 0.2) is 0 Å². The summed E-state index contributed by atoms with van der Waals surface area (Å²) < 4.78 is 95.4. The lowest BCUT2D eigenvalue weighted by atomic mass is 10.2. The molecule has 25 heavy (non-hydrogen) atoms. The van der Waals surface area contributed by atoms with Gasteiger partial charge in [-0.05, 0) is 48.5 Å². The topological polar surface area (TPSA) is 55.8 Å². The minimum atomic E-state index is -4.81. The largest absolute Gasteiger partial charge is 0.584 e. The lowest BCUT2D eigenvalue weighted by Crippen LogP contribution is -2.05. The van der Waals surface area contributed by atoms with E-state index in [0.29, 0.717) is 24.3 Å². The number of hydrogen-bond acceptors (Lipinski definition) is 3. The van der Waals surface area contributed by atoms with E-state index in [1.165, 1.54) is 0 Å². The van der Waals surface area contributed by atoms with Gasteiger partial charge >= 0.3 is 20.2 Å². The molecule has 0 spiro atoms. The summed E-state index contributed by atoms with van der Waals surface area (Å²) in [5.41, 5.74) is -1.98. The number of hydrogen-bond donors (Lipinski definition) is 1. The summed E-state index contributed by atoms with van der Waals surface area (Å²) in [6, 6.07) is 5.76. The van der Waals surface area contributed by atoms with E-state index in [1.807, 2.05) is 0 Å². The van der Waals surface area contributed by atoms with E-state index in [9.17, 15) is 35.8 Å². The molecular formula is C14H9F6O4P. The van der Waals surface area contributed by atoms with Crippen molar-refractivity contribution in [2.45, 2.75) is 12.4 Å². The molecule has 0 aliphatic heterocycles. The van der Waals surface area contributed by atoms with Crippen LogP contribution in [0, 0.1) is 0 Å². The Morgan fingerprint density at radius 2 is 0.960 bits per heavy atom. The van der Waals surface area contributed by atoms with Crippen molar-refractivity contribution in [3.63, 3.8) is 0 Å². The minimum absolute atomic E-state index is 0.384. The maximum absolute atomic E-state index is 12.4. The fourth-order valence-electron chi connectivity index (χ4n) is 1.69. The Balaban J connectivity index is 2.08. The first kappa shape index (κ1) is 19.1. The molecule has 0 heterocycles. The van der Waals surface area contributed by atoms with Gasteiger partial charge in [0.25, 0.3) is 0 Å². The van der Waals surface area contributed by atoms with Crippen LogP contribution in [0.15, 0.2) is 48.5 Å². The third kappa shape index (κ3) is 5.40. The van der Waals surface area contributed by atoms with Gasteiger partial charge in [0.2, 0.25) is 0 Å². The third-order valence-electron chi connectivity index (χ3n) is 2.80. The number of rotatable bonds is 4. The number of phosphoric ester groups is 1. The van der Waals surface area contributed by atoms with Crippen LogP contribution in [0.5, 0.6) is 11.5 Å². The number of alkyl halides is 6. The predicted molar refractivity (Wildman–Crippen MR) is 74.0 cm³/mol. The first-order chi connectivity index (χ1) is 11.4. The zero-order valence-electron chi connectivity index (χ0n) is 12.0. The summed E-state index contributed by atoms with van der Waals surface area (Å²) in [5.74, 6) is -0.767. The van der Waals surface area contributed by atoms with Crippen molar-refractivity contribution in [3.8, 4) is 11.5 Å². The van der Waals surface area contributed by atoms with Crippen molar-refractivity contribution in [1.82, 2.24) is 0 Å². The molecule has 0 saturated carbocycles. The van der Waals surface area contributed by atoms with Crippen LogP contribution in [0.1, 0.15) is 11.1 Å². The molecule has 2 aromatic rings. The second-order valence-corrected chi connectivity index (χ2v) is 6.00. The summed E-state index contributed by atoms with van der Waals surface area (Å²) in [6.45, 7) is 0. The SMILES string of the molecule is O=P(O)(Oc1ccc(C(F)(F)F)cc1)Oc1ccc(C(F)(F)F)cc1. The highest BCUT2D eigenvalue weighted by Crippen LogP contribution is 2.45. The molecule has 2 aromatic carbocycles. The number of halogens is 6. The summed E-state index contributed by atoms with van der Waals surface area (Å²) in [6.07, 6.45) is -9.17. The van der Waals surface area contributed by atoms with Crippen LogP contribution in [-0.4, -0.2) is 4.89 Å². The van der Waals surface area contributed by atoms with Crippen LogP contribution >= 0.6 is 7.82 Å². The fraction of sp³-hybridized carbons (Fsp3) is 0.143. The minimum Gasteiger partial charge on any atom is -0.395 e. The van der Waals surface area contributed by atoms with E-state index in [0.717, 1.165) is 24.3 Å². The molecule has 1 N–H and O–H groups in total. The number of benzene rings is 2. The molecule has 0 saturated heterocycles. The van der Waals surface area contributed by atoms with Crippen molar-refractivity contribution >= 4 is 7.82 Å². The van der Waals surface area contributed by atoms with Gasteiger partial charge in [0, 0.05) is 0 Å². The van der Waals surface area contributed by atoms with Crippen LogP contribution in [0.2, 0.25) is 0 Å². The molecule has 136 valence electrons. The molecule has 0 aliphatic rings. The molecule has 0 fully saturated rings. The summed E-state index contributed by atoms with van der Waals surface area (Å²) >= 11 is 0. The van der Waals surface area contributed by atoms with Crippen molar-refractivity contribution in [1.29, 1.82) is 0 Å². The van der Waals surface area contributed by atoms with E-state index in [4.69, 9.17) is 0 Å². The first-order valence-corrected chi connectivity index (χ1v) is 7.93. The molecule has 0 atom stereocenters. The Morgan fingerprint density at radius 1 is 0.680 bits per heavy atom. The summed E-state index contributed by atoms with van der Waals surface area (Å²) in [4.78, 5) is 9.55. The van der Waals surface area contributed by atoms with Crippen molar-refractivity contribution < 1.29 is 44.8 Å². The van der Waals surface area contributed by atoms with E-state index < -0.39 is 31.3 Å². The lowest BCUT2D eigenvalue weighted by molar-refractivity contribution is -0.138. The van der Waals surface area contributed by atoms with E-state index in [2.05, 4.69) is 9.05 Å². The molecule has 0 aliphatic carbocycles. The Kier molecular flexibility index (Phi) is 5.06. The van der Waals surface area contributed by atoms with Gasteiger partial charge in [0.05, 0.1) is 11.1 Å².